The van der Waals surface area contributed by atoms with Crippen LogP contribution in [0, 0.1) is 10.4 Å². The Morgan fingerprint density at radius 1 is 0.947 bits per heavy atom. The predicted molar refractivity (Wildman–Crippen MR) is 74.3 cm³/mol. The molecule has 2 atom stereocenters. The van der Waals surface area contributed by atoms with E-state index in [9.17, 15) is 10.4 Å². The minimum absolute atomic E-state index is 0.121. The van der Waals surface area contributed by atoms with Crippen LogP contribution in [0.3, 0.4) is 0 Å². The molecule has 0 spiro atoms. The quantitative estimate of drug-likeness (QED) is 0.458. The second kappa shape index (κ2) is 5.79. The highest BCUT2D eigenvalue weighted by molar-refractivity contribution is 5.55. The van der Waals surface area contributed by atoms with E-state index in [2.05, 4.69) is 5.43 Å². The number of hydrazine groups is 1. The monoisotopic (exact) mass is 260 g/mol. The number of benzene rings is 2. The summed E-state index contributed by atoms with van der Waals surface area (Å²) in [5.74, 6) is 5.27. The van der Waals surface area contributed by atoms with Crippen LogP contribution in [-0.4, -0.2) is 7.05 Å². The van der Waals surface area contributed by atoms with Crippen molar-refractivity contribution >= 4 is 22.7 Å². The number of para-hydroxylation sites is 2. The van der Waals surface area contributed by atoms with E-state index in [1.165, 1.54) is 7.05 Å². The minimum Gasteiger partial charge on any atom is -0.629 e. The number of hydrogen-bond donors (Lipinski definition) is 4. The van der Waals surface area contributed by atoms with Crippen LogP contribution in [-0.2, 0) is 0 Å². The summed E-state index contributed by atoms with van der Waals surface area (Å²) in [4.78, 5) is 0. The van der Waals surface area contributed by atoms with Gasteiger partial charge in [0, 0.05) is 30.0 Å². The van der Waals surface area contributed by atoms with Gasteiger partial charge in [-0.15, -0.1) is 0 Å². The van der Waals surface area contributed by atoms with Crippen molar-refractivity contribution in [2.75, 3.05) is 12.5 Å². The van der Waals surface area contributed by atoms with Crippen molar-refractivity contribution < 1.29 is 10.1 Å². The molecule has 19 heavy (non-hydrogen) atoms. The largest absolute Gasteiger partial charge is 0.629 e. The fourth-order valence-electron chi connectivity index (χ4n) is 1.86. The van der Waals surface area contributed by atoms with Crippen molar-refractivity contribution in [1.29, 1.82) is 0 Å². The highest BCUT2D eigenvalue weighted by Gasteiger charge is 2.15. The van der Waals surface area contributed by atoms with Crippen molar-refractivity contribution in [3.8, 4) is 0 Å². The molecule has 5 N–H and O–H groups in total. The summed E-state index contributed by atoms with van der Waals surface area (Å²) in [6.45, 7) is 0. The second-order valence-electron chi connectivity index (χ2n) is 4.15. The van der Waals surface area contributed by atoms with Gasteiger partial charge in [-0.3, -0.25) is 5.84 Å². The third-order valence-electron chi connectivity index (χ3n) is 2.86. The standard InChI is InChI=1S/C13H16N4O2/c1-16(18)12-4-2-3-5-13(12)17(19)11-8-6-10(15-14)7-9-11/h2-9,15-17H,14H2,1H3. The molecule has 0 heterocycles. The molecule has 6 heteroatoms. The normalized spacial score (nSPS) is 13.9. The molecule has 2 aromatic carbocycles. The number of rotatable bonds is 4. The van der Waals surface area contributed by atoms with Gasteiger partial charge in [-0.2, -0.15) is 0 Å². The highest BCUT2D eigenvalue weighted by atomic mass is 16.5. The number of hydroxylamine groups is 1. The van der Waals surface area contributed by atoms with E-state index >= 15 is 0 Å². The number of nitrogens with one attached hydrogen (secondary N) is 3. The Labute approximate surface area is 111 Å². The van der Waals surface area contributed by atoms with E-state index in [1.54, 1.807) is 48.5 Å². The molecule has 0 saturated carbocycles. The fourth-order valence-corrected chi connectivity index (χ4v) is 1.86. The SMILES string of the molecule is C[NH+]([O-])c1ccccc1[NH+]([O-])c1ccc(NN)cc1. The van der Waals surface area contributed by atoms with Gasteiger partial charge >= 0.3 is 0 Å². The molecule has 0 saturated heterocycles. The molecule has 0 aliphatic rings. The van der Waals surface area contributed by atoms with Gasteiger partial charge in [0.15, 0.2) is 11.4 Å². The van der Waals surface area contributed by atoms with Crippen molar-refractivity contribution in [2.24, 2.45) is 5.84 Å². The molecule has 0 aliphatic carbocycles. The lowest BCUT2D eigenvalue weighted by Crippen LogP contribution is -3.03. The van der Waals surface area contributed by atoms with Crippen molar-refractivity contribution in [2.45, 2.75) is 0 Å². The van der Waals surface area contributed by atoms with Crippen molar-refractivity contribution in [3.63, 3.8) is 0 Å². The first kappa shape index (κ1) is 13.5. The smallest absolute Gasteiger partial charge is 0.197 e. The number of nitrogen functional groups attached to an aromatic ring is 1. The van der Waals surface area contributed by atoms with Crippen LogP contribution in [0.15, 0.2) is 48.5 Å². The lowest BCUT2D eigenvalue weighted by atomic mass is 10.2. The number of hydrogen-bond acceptors (Lipinski definition) is 4. The van der Waals surface area contributed by atoms with Gasteiger partial charge < -0.3 is 26.0 Å². The van der Waals surface area contributed by atoms with Crippen LogP contribution in [0.1, 0.15) is 0 Å². The number of quaternary nitrogens is 2. The Balaban J connectivity index is 2.35. The van der Waals surface area contributed by atoms with Crippen molar-refractivity contribution in [3.05, 3.63) is 58.9 Å². The van der Waals surface area contributed by atoms with Crippen LogP contribution in [0.25, 0.3) is 0 Å². The Hall–Kier alpha value is -1.96. The van der Waals surface area contributed by atoms with Gasteiger partial charge in [-0.05, 0) is 12.1 Å². The lowest BCUT2D eigenvalue weighted by Gasteiger charge is -2.26. The van der Waals surface area contributed by atoms with E-state index in [1.807, 2.05) is 0 Å². The molecule has 0 amide bonds. The number of anilines is 1. The zero-order valence-corrected chi connectivity index (χ0v) is 10.5. The Bertz CT molecular complexity index is 543. The average Bonchev–Trinajstić information content (AvgIpc) is 2.46. The van der Waals surface area contributed by atoms with Crippen LogP contribution >= 0.6 is 0 Å². The second-order valence-corrected chi connectivity index (χ2v) is 4.15. The highest BCUT2D eigenvalue weighted by Crippen LogP contribution is 2.16. The molecule has 0 radical (unpaired) electrons. The summed E-state index contributed by atoms with van der Waals surface area (Å²) in [6, 6.07) is 13.6. The van der Waals surface area contributed by atoms with E-state index in [0.29, 0.717) is 17.1 Å². The maximum absolute atomic E-state index is 12.4. The van der Waals surface area contributed by atoms with E-state index < -0.39 is 0 Å². The molecule has 0 aromatic heterocycles. The molecule has 2 unspecified atom stereocenters. The topological polar surface area (TPSA) is 93.0 Å². The Morgan fingerprint density at radius 3 is 2.05 bits per heavy atom. The molecule has 0 fully saturated rings. The first-order chi connectivity index (χ1) is 9.13. The fraction of sp³-hybridized carbons (Fsp3) is 0.0769. The molecule has 0 aliphatic heterocycles. The number of nitrogens with two attached hydrogens (primary N) is 1. The van der Waals surface area contributed by atoms with Crippen LogP contribution in [0.4, 0.5) is 22.7 Å². The van der Waals surface area contributed by atoms with Gasteiger partial charge in [-0.1, -0.05) is 12.1 Å². The van der Waals surface area contributed by atoms with Crippen LogP contribution in [0.2, 0.25) is 0 Å². The average molecular weight is 260 g/mol. The van der Waals surface area contributed by atoms with E-state index in [4.69, 9.17) is 5.84 Å². The molecule has 6 nitrogen and oxygen atoms in total. The molecule has 2 rings (SSSR count). The molecular weight excluding hydrogens is 244 g/mol. The van der Waals surface area contributed by atoms with Gasteiger partial charge in [0.25, 0.3) is 0 Å². The summed E-state index contributed by atoms with van der Waals surface area (Å²) in [7, 11) is 1.45. The summed E-state index contributed by atoms with van der Waals surface area (Å²) in [5.41, 5.74) is 4.60. The molecule has 0 bridgehead atoms. The third-order valence-corrected chi connectivity index (χ3v) is 2.86. The summed E-state index contributed by atoms with van der Waals surface area (Å²) in [6.07, 6.45) is 0. The zero-order valence-electron chi connectivity index (χ0n) is 10.5. The lowest BCUT2D eigenvalue weighted by molar-refractivity contribution is -0.766. The summed E-state index contributed by atoms with van der Waals surface area (Å²) < 4.78 is 0. The van der Waals surface area contributed by atoms with Crippen LogP contribution in [0.5, 0.6) is 0 Å². The summed E-state index contributed by atoms with van der Waals surface area (Å²) >= 11 is 0. The van der Waals surface area contributed by atoms with Gasteiger partial charge in [0.1, 0.15) is 5.69 Å². The predicted octanol–water partition coefficient (Wildman–Crippen LogP) is -0.0379. The first-order valence-corrected chi connectivity index (χ1v) is 5.85. The third kappa shape index (κ3) is 2.90. The maximum Gasteiger partial charge on any atom is 0.197 e. The van der Waals surface area contributed by atoms with E-state index in [0.717, 1.165) is 5.69 Å². The summed E-state index contributed by atoms with van der Waals surface area (Å²) in [5, 5.41) is 23.6. The molecule has 2 aromatic rings. The van der Waals surface area contributed by atoms with Gasteiger partial charge in [0.2, 0.25) is 0 Å². The Morgan fingerprint density at radius 2 is 1.53 bits per heavy atom. The minimum atomic E-state index is -0.172. The van der Waals surface area contributed by atoms with Gasteiger partial charge in [0.05, 0.1) is 7.05 Å². The van der Waals surface area contributed by atoms with Gasteiger partial charge in [-0.25, -0.2) is 0 Å². The Kier molecular flexibility index (Phi) is 4.10. The van der Waals surface area contributed by atoms with Crippen molar-refractivity contribution in [1.82, 2.24) is 0 Å². The first-order valence-electron chi connectivity index (χ1n) is 5.85. The zero-order chi connectivity index (χ0) is 13.8. The van der Waals surface area contributed by atoms with E-state index in [-0.39, 0.29) is 10.1 Å². The molecule has 100 valence electrons. The maximum atomic E-state index is 12.4. The van der Waals surface area contributed by atoms with Crippen LogP contribution < -0.4 is 21.4 Å². The molecular formula is C13H16N4O2.